The quantitative estimate of drug-likeness (QED) is 0.495. The fraction of sp³-hybridized carbons (Fsp3) is 0.167. The van der Waals surface area contributed by atoms with E-state index in [1.807, 2.05) is 18.2 Å². The van der Waals surface area contributed by atoms with Gasteiger partial charge in [-0.2, -0.15) is 4.98 Å². The van der Waals surface area contributed by atoms with Crippen LogP contribution in [0.3, 0.4) is 0 Å². The zero-order valence-electron chi connectivity index (χ0n) is 17.4. The molecule has 166 valence electrons. The number of rotatable bonds is 5. The van der Waals surface area contributed by atoms with E-state index in [2.05, 4.69) is 9.97 Å². The van der Waals surface area contributed by atoms with Crippen LogP contribution in [0, 0.1) is 5.82 Å². The monoisotopic (exact) mass is 446 g/mol. The zero-order chi connectivity index (χ0) is 22.9. The average molecular weight is 446 g/mol. The Morgan fingerprint density at radius 3 is 2.58 bits per heavy atom. The topological polar surface area (TPSA) is 99.2 Å². The molecule has 0 saturated heterocycles. The Bertz CT molecular complexity index is 1380. The van der Waals surface area contributed by atoms with Crippen LogP contribution in [-0.4, -0.2) is 30.4 Å². The van der Waals surface area contributed by atoms with E-state index in [-0.39, 0.29) is 11.6 Å². The van der Waals surface area contributed by atoms with Gasteiger partial charge in [0.05, 0.1) is 17.0 Å². The smallest absolute Gasteiger partial charge is 0.328 e. The number of benzene rings is 2. The Labute approximate surface area is 187 Å². The summed E-state index contributed by atoms with van der Waals surface area (Å²) in [5.41, 5.74) is 1.11. The van der Waals surface area contributed by atoms with E-state index in [9.17, 15) is 19.1 Å². The first-order chi connectivity index (χ1) is 16.0. The summed E-state index contributed by atoms with van der Waals surface area (Å²) in [4.78, 5) is 34.1. The lowest BCUT2D eigenvalue weighted by atomic mass is 10.0. The second-order valence-electron chi connectivity index (χ2n) is 7.64. The Kier molecular flexibility index (Phi) is 5.21. The van der Waals surface area contributed by atoms with Crippen molar-refractivity contribution in [3.63, 3.8) is 0 Å². The summed E-state index contributed by atoms with van der Waals surface area (Å²) < 4.78 is 22.2. The predicted octanol–water partition coefficient (Wildman–Crippen LogP) is 4.12. The van der Waals surface area contributed by atoms with E-state index in [1.165, 1.54) is 35.1 Å². The summed E-state index contributed by atoms with van der Waals surface area (Å²) in [5, 5.41) is 9.73. The van der Waals surface area contributed by atoms with Crippen LogP contribution < -0.4 is 10.3 Å². The molecule has 0 saturated carbocycles. The van der Waals surface area contributed by atoms with Crippen molar-refractivity contribution in [2.45, 2.75) is 25.4 Å². The van der Waals surface area contributed by atoms with Crippen molar-refractivity contribution in [3.05, 3.63) is 83.0 Å². The maximum atomic E-state index is 13.6. The first kappa shape index (κ1) is 20.6. The van der Waals surface area contributed by atoms with E-state index in [4.69, 9.17) is 4.74 Å². The minimum Gasteiger partial charge on any atom is -0.480 e. The number of hydrogen-bond donors (Lipinski definition) is 1. The van der Waals surface area contributed by atoms with Crippen molar-refractivity contribution in [1.29, 1.82) is 0 Å². The first-order valence-corrected chi connectivity index (χ1v) is 10.4. The number of ether oxygens (including phenoxy) is 1. The molecule has 0 fully saturated rings. The predicted molar refractivity (Wildman–Crippen MR) is 118 cm³/mol. The molecule has 2 aromatic heterocycles. The molecule has 8 nitrogen and oxygen atoms in total. The van der Waals surface area contributed by atoms with Gasteiger partial charge in [0.2, 0.25) is 0 Å². The second-order valence-corrected chi connectivity index (χ2v) is 7.64. The van der Waals surface area contributed by atoms with Crippen LogP contribution in [0.15, 0.2) is 71.7 Å². The van der Waals surface area contributed by atoms with Crippen LogP contribution >= 0.6 is 0 Å². The molecular weight excluding hydrogens is 427 g/mol. The van der Waals surface area contributed by atoms with Crippen LogP contribution in [0.1, 0.15) is 18.9 Å². The van der Waals surface area contributed by atoms with Gasteiger partial charge in [-0.05, 0) is 48.7 Å². The van der Waals surface area contributed by atoms with Gasteiger partial charge in [0.25, 0.3) is 5.56 Å². The third-order valence-electron chi connectivity index (χ3n) is 5.57. The fourth-order valence-corrected chi connectivity index (χ4v) is 4.13. The maximum Gasteiger partial charge on any atom is 0.328 e. The van der Waals surface area contributed by atoms with Crippen LogP contribution in [-0.2, 0) is 11.3 Å². The minimum atomic E-state index is -1.08. The molecule has 2 aromatic carbocycles. The maximum absolute atomic E-state index is 13.6. The normalized spacial score (nSPS) is 15.1. The highest BCUT2D eigenvalue weighted by Gasteiger charge is 2.33. The number of carbonyl (C=O) groups is 1. The molecule has 0 bridgehead atoms. The Morgan fingerprint density at radius 1 is 1.09 bits per heavy atom. The highest BCUT2D eigenvalue weighted by atomic mass is 19.1. The van der Waals surface area contributed by atoms with Crippen molar-refractivity contribution in [3.8, 4) is 34.3 Å². The second kappa shape index (κ2) is 8.34. The molecule has 0 amide bonds. The Hall–Kier alpha value is -4.27. The van der Waals surface area contributed by atoms with E-state index in [0.717, 1.165) is 0 Å². The molecule has 1 unspecified atom stereocenters. The lowest BCUT2D eigenvalue weighted by Crippen LogP contribution is -2.36. The molecule has 4 aromatic rings. The number of nitrogens with zero attached hydrogens (tertiary/aromatic N) is 4. The number of aromatic nitrogens is 4. The SMILES string of the molecule is O=C(O)C1CCCn2c(-c3ccnc(Oc4ccccc4)n3)c(-c3ccc(F)cc3)c(=O)n21. The highest BCUT2D eigenvalue weighted by molar-refractivity contribution is 5.80. The molecule has 1 N–H and O–H groups in total. The Balaban J connectivity index is 1.71. The molecule has 1 aliphatic heterocycles. The third-order valence-corrected chi connectivity index (χ3v) is 5.57. The average Bonchev–Trinajstić information content (AvgIpc) is 3.13. The van der Waals surface area contributed by atoms with Crippen molar-refractivity contribution in [2.75, 3.05) is 0 Å². The zero-order valence-corrected chi connectivity index (χ0v) is 17.4. The number of fused-ring (bicyclic) bond motifs is 1. The van der Waals surface area contributed by atoms with Crippen molar-refractivity contribution >= 4 is 5.97 Å². The summed E-state index contributed by atoms with van der Waals surface area (Å²) in [5.74, 6) is -0.965. The number of para-hydroxylation sites is 1. The van der Waals surface area contributed by atoms with Crippen molar-refractivity contribution < 1.29 is 19.0 Å². The summed E-state index contributed by atoms with van der Waals surface area (Å²) in [6.45, 7) is 0.439. The molecular formula is C24H19FN4O4. The molecule has 1 aliphatic rings. The number of halogens is 1. The Morgan fingerprint density at radius 2 is 1.85 bits per heavy atom. The molecule has 1 atom stereocenters. The van der Waals surface area contributed by atoms with Crippen molar-refractivity contribution in [2.24, 2.45) is 0 Å². The highest BCUT2D eigenvalue weighted by Crippen LogP contribution is 2.34. The molecule has 9 heteroatoms. The summed E-state index contributed by atoms with van der Waals surface area (Å²) in [7, 11) is 0. The van der Waals surface area contributed by atoms with Crippen LogP contribution in [0.5, 0.6) is 11.8 Å². The van der Waals surface area contributed by atoms with Gasteiger partial charge in [0.1, 0.15) is 11.6 Å². The number of carboxylic acid groups (broad SMARTS) is 1. The summed E-state index contributed by atoms with van der Waals surface area (Å²) in [6, 6.07) is 15.3. The van der Waals surface area contributed by atoms with E-state index >= 15 is 0 Å². The van der Waals surface area contributed by atoms with Gasteiger partial charge in [-0.3, -0.25) is 9.48 Å². The van der Waals surface area contributed by atoms with Gasteiger partial charge in [0.15, 0.2) is 6.04 Å². The van der Waals surface area contributed by atoms with Crippen LogP contribution in [0.4, 0.5) is 4.39 Å². The molecule has 5 rings (SSSR count). The standard InChI is InChI=1S/C24H19FN4O4/c25-16-10-8-15(9-11-16)20-21(28-14-4-7-19(23(31)32)29(28)22(20)30)18-12-13-26-24(27-18)33-17-5-2-1-3-6-17/h1-3,5-6,8-13,19H,4,7,14H2,(H,31,32). The largest absolute Gasteiger partial charge is 0.480 e. The van der Waals surface area contributed by atoms with Gasteiger partial charge >= 0.3 is 12.0 Å². The number of aliphatic carboxylic acids is 1. The first-order valence-electron chi connectivity index (χ1n) is 10.4. The number of carboxylic acids is 1. The van der Waals surface area contributed by atoms with Gasteiger partial charge < -0.3 is 9.84 Å². The van der Waals surface area contributed by atoms with E-state index in [0.29, 0.717) is 42.1 Å². The van der Waals surface area contributed by atoms with Crippen molar-refractivity contribution in [1.82, 2.24) is 19.3 Å². The lowest BCUT2D eigenvalue weighted by Gasteiger charge is -2.25. The van der Waals surface area contributed by atoms with Gasteiger partial charge in [-0.15, -0.1) is 0 Å². The van der Waals surface area contributed by atoms with Crippen LogP contribution in [0.2, 0.25) is 0 Å². The summed E-state index contributed by atoms with van der Waals surface area (Å²) in [6.07, 6.45) is 2.44. The minimum absolute atomic E-state index is 0.0855. The third kappa shape index (κ3) is 3.78. The lowest BCUT2D eigenvalue weighted by molar-refractivity contribution is -0.142. The number of hydrogen-bond acceptors (Lipinski definition) is 5. The van der Waals surface area contributed by atoms with Gasteiger partial charge in [0, 0.05) is 12.7 Å². The van der Waals surface area contributed by atoms with E-state index in [1.54, 1.807) is 22.9 Å². The summed E-state index contributed by atoms with van der Waals surface area (Å²) >= 11 is 0. The molecule has 3 heterocycles. The fourth-order valence-electron chi connectivity index (χ4n) is 4.13. The van der Waals surface area contributed by atoms with Gasteiger partial charge in [-0.1, -0.05) is 30.3 Å². The molecule has 0 aliphatic carbocycles. The molecule has 33 heavy (non-hydrogen) atoms. The van der Waals surface area contributed by atoms with Crippen LogP contribution in [0.25, 0.3) is 22.5 Å². The van der Waals surface area contributed by atoms with E-state index < -0.39 is 23.4 Å². The van der Waals surface area contributed by atoms with Gasteiger partial charge in [-0.25, -0.2) is 18.9 Å². The molecule has 0 spiro atoms. The molecule has 0 radical (unpaired) electrons.